The average Bonchev–Trinajstić information content (AvgIpc) is 2.18. The molecule has 0 atom stereocenters. The fourth-order valence-electron chi connectivity index (χ4n) is 1.48. The van der Waals surface area contributed by atoms with Crippen LogP contribution in [0.1, 0.15) is 13.8 Å². The highest BCUT2D eigenvalue weighted by Gasteiger charge is 2.06. The summed E-state index contributed by atoms with van der Waals surface area (Å²) in [7, 11) is 0. The van der Waals surface area contributed by atoms with Gasteiger partial charge in [-0.2, -0.15) is 0 Å². The molecular weight excluding hydrogens is 174 g/mol. The van der Waals surface area contributed by atoms with E-state index >= 15 is 0 Å². The molecule has 0 spiro atoms. The van der Waals surface area contributed by atoms with Gasteiger partial charge in [-0.25, -0.2) is 4.98 Å². The Bertz CT molecular complexity index is 432. The lowest BCUT2D eigenvalue weighted by molar-refractivity contribution is -0.377. The summed E-state index contributed by atoms with van der Waals surface area (Å²) < 4.78 is 5.70. The minimum atomic E-state index is 0.203. The second-order valence-electron chi connectivity index (χ2n) is 3.57. The summed E-state index contributed by atoms with van der Waals surface area (Å²) in [5, 5.41) is 2.32. The van der Waals surface area contributed by atoms with Crippen LogP contribution in [-0.4, -0.2) is 6.10 Å². The first kappa shape index (κ1) is 9.00. The van der Waals surface area contributed by atoms with Gasteiger partial charge in [0.05, 0.1) is 6.10 Å². The van der Waals surface area contributed by atoms with Crippen LogP contribution < -0.4 is 9.72 Å². The SMILES string of the molecule is CC(C)Oc1c[nH+]cc2ccccc12. The predicted octanol–water partition coefficient (Wildman–Crippen LogP) is 2.44. The predicted molar refractivity (Wildman–Crippen MR) is 56.3 cm³/mol. The number of nitrogens with one attached hydrogen (secondary N) is 1. The normalized spacial score (nSPS) is 10.8. The highest BCUT2D eigenvalue weighted by molar-refractivity contribution is 5.86. The molecule has 0 aliphatic rings. The number of fused-ring (bicyclic) bond motifs is 1. The first-order valence-electron chi connectivity index (χ1n) is 4.83. The largest absolute Gasteiger partial charge is 0.484 e. The molecule has 0 saturated carbocycles. The van der Waals surface area contributed by atoms with E-state index in [4.69, 9.17) is 4.74 Å². The topological polar surface area (TPSA) is 23.4 Å². The van der Waals surface area contributed by atoms with Gasteiger partial charge in [0.1, 0.15) is 0 Å². The van der Waals surface area contributed by atoms with Crippen LogP contribution in [0.3, 0.4) is 0 Å². The van der Waals surface area contributed by atoms with Gasteiger partial charge in [0.25, 0.3) is 0 Å². The van der Waals surface area contributed by atoms with Crippen molar-refractivity contribution in [2.45, 2.75) is 20.0 Å². The van der Waals surface area contributed by atoms with E-state index in [9.17, 15) is 0 Å². The van der Waals surface area contributed by atoms with Crippen molar-refractivity contribution in [1.82, 2.24) is 0 Å². The Labute approximate surface area is 83.5 Å². The van der Waals surface area contributed by atoms with E-state index in [0.717, 1.165) is 11.1 Å². The number of aromatic amines is 1. The van der Waals surface area contributed by atoms with E-state index in [2.05, 4.69) is 17.1 Å². The summed E-state index contributed by atoms with van der Waals surface area (Å²) in [5.41, 5.74) is 0. The van der Waals surface area contributed by atoms with E-state index in [1.807, 2.05) is 38.4 Å². The van der Waals surface area contributed by atoms with E-state index in [1.54, 1.807) is 0 Å². The van der Waals surface area contributed by atoms with Crippen LogP contribution in [0.4, 0.5) is 0 Å². The molecule has 0 radical (unpaired) electrons. The average molecular weight is 188 g/mol. The van der Waals surface area contributed by atoms with Crippen molar-refractivity contribution < 1.29 is 9.72 Å². The standard InChI is InChI=1S/C12H13NO/c1-9(2)14-12-8-13-7-10-5-3-4-6-11(10)12/h3-9H,1-2H3/p+1. The van der Waals surface area contributed by atoms with Gasteiger partial charge in [0.2, 0.25) is 6.20 Å². The van der Waals surface area contributed by atoms with Gasteiger partial charge < -0.3 is 4.74 Å². The Morgan fingerprint density at radius 2 is 1.93 bits per heavy atom. The molecule has 1 aromatic heterocycles. The monoisotopic (exact) mass is 188 g/mol. The second-order valence-corrected chi connectivity index (χ2v) is 3.57. The van der Waals surface area contributed by atoms with Crippen LogP contribution in [0, 0.1) is 0 Å². The summed E-state index contributed by atoms with van der Waals surface area (Å²) >= 11 is 0. The quantitative estimate of drug-likeness (QED) is 0.710. The van der Waals surface area contributed by atoms with Crippen LogP contribution in [-0.2, 0) is 0 Å². The van der Waals surface area contributed by atoms with Crippen molar-refractivity contribution in [2.75, 3.05) is 0 Å². The van der Waals surface area contributed by atoms with Crippen molar-refractivity contribution >= 4 is 10.8 Å². The van der Waals surface area contributed by atoms with Crippen LogP contribution in [0.5, 0.6) is 5.75 Å². The molecule has 0 aliphatic carbocycles. The molecule has 0 fully saturated rings. The Hall–Kier alpha value is -1.57. The highest BCUT2D eigenvalue weighted by Crippen LogP contribution is 2.23. The first-order chi connectivity index (χ1) is 6.77. The number of benzene rings is 1. The molecule has 0 bridgehead atoms. The minimum absolute atomic E-state index is 0.203. The Morgan fingerprint density at radius 1 is 1.14 bits per heavy atom. The number of ether oxygens (including phenoxy) is 1. The summed E-state index contributed by atoms with van der Waals surface area (Å²) in [6, 6.07) is 8.19. The fraction of sp³-hybridized carbons (Fsp3) is 0.250. The zero-order chi connectivity index (χ0) is 9.97. The van der Waals surface area contributed by atoms with Crippen molar-refractivity contribution in [2.24, 2.45) is 0 Å². The number of H-pyrrole nitrogens is 1. The smallest absolute Gasteiger partial charge is 0.210 e. The van der Waals surface area contributed by atoms with Crippen molar-refractivity contribution in [3.8, 4) is 5.75 Å². The molecule has 2 heteroatoms. The molecule has 0 unspecified atom stereocenters. The molecule has 1 aromatic carbocycles. The van der Waals surface area contributed by atoms with Crippen molar-refractivity contribution in [3.63, 3.8) is 0 Å². The number of hydrogen-bond acceptors (Lipinski definition) is 1. The number of pyridine rings is 1. The van der Waals surface area contributed by atoms with Crippen molar-refractivity contribution in [3.05, 3.63) is 36.7 Å². The molecule has 2 nitrogen and oxygen atoms in total. The zero-order valence-corrected chi connectivity index (χ0v) is 8.45. The van der Waals surface area contributed by atoms with Gasteiger partial charge in [-0.05, 0) is 19.9 Å². The maximum atomic E-state index is 5.70. The first-order valence-corrected chi connectivity index (χ1v) is 4.83. The third kappa shape index (κ3) is 1.69. The maximum Gasteiger partial charge on any atom is 0.210 e. The lowest BCUT2D eigenvalue weighted by atomic mass is 10.2. The minimum Gasteiger partial charge on any atom is -0.484 e. The molecule has 1 heterocycles. The third-order valence-corrected chi connectivity index (χ3v) is 2.04. The van der Waals surface area contributed by atoms with Gasteiger partial charge in [-0.1, -0.05) is 18.2 Å². The van der Waals surface area contributed by atoms with Crippen LogP contribution in [0.2, 0.25) is 0 Å². The Kier molecular flexibility index (Phi) is 2.35. The maximum absolute atomic E-state index is 5.70. The molecule has 72 valence electrons. The molecule has 2 rings (SSSR count). The molecule has 2 aromatic rings. The molecule has 1 N–H and O–H groups in total. The molecule has 0 aliphatic heterocycles. The van der Waals surface area contributed by atoms with Crippen molar-refractivity contribution in [1.29, 1.82) is 0 Å². The lowest BCUT2D eigenvalue weighted by Gasteiger charge is -2.09. The van der Waals surface area contributed by atoms with Crippen LogP contribution in [0.15, 0.2) is 36.7 Å². The number of rotatable bonds is 2. The summed E-state index contributed by atoms with van der Waals surface area (Å²) in [4.78, 5) is 3.08. The van der Waals surface area contributed by atoms with E-state index in [0.29, 0.717) is 0 Å². The Balaban J connectivity index is 2.53. The van der Waals surface area contributed by atoms with E-state index < -0.39 is 0 Å². The summed E-state index contributed by atoms with van der Waals surface area (Å²) in [5.74, 6) is 0.915. The molecular formula is C12H14NO+. The molecule has 0 amide bonds. The van der Waals surface area contributed by atoms with Gasteiger partial charge in [0, 0.05) is 10.8 Å². The Morgan fingerprint density at radius 3 is 2.71 bits per heavy atom. The van der Waals surface area contributed by atoms with Gasteiger partial charge in [-0.15, -0.1) is 0 Å². The summed E-state index contributed by atoms with van der Waals surface area (Å²) in [6.45, 7) is 4.06. The van der Waals surface area contributed by atoms with Gasteiger partial charge >= 0.3 is 0 Å². The number of aromatic nitrogens is 1. The highest BCUT2D eigenvalue weighted by atomic mass is 16.5. The zero-order valence-electron chi connectivity index (χ0n) is 8.45. The van der Waals surface area contributed by atoms with E-state index in [1.165, 1.54) is 5.39 Å². The summed E-state index contributed by atoms with van der Waals surface area (Å²) in [6.07, 6.45) is 4.07. The lowest BCUT2D eigenvalue weighted by Crippen LogP contribution is -2.09. The van der Waals surface area contributed by atoms with Crippen LogP contribution >= 0.6 is 0 Å². The van der Waals surface area contributed by atoms with Gasteiger partial charge in [-0.3, -0.25) is 0 Å². The fourth-order valence-corrected chi connectivity index (χ4v) is 1.48. The number of hydrogen-bond donors (Lipinski definition) is 0. The van der Waals surface area contributed by atoms with Gasteiger partial charge in [0.15, 0.2) is 11.9 Å². The molecule has 14 heavy (non-hydrogen) atoms. The van der Waals surface area contributed by atoms with Crippen LogP contribution in [0.25, 0.3) is 10.8 Å². The third-order valence-electron chi connectivity index (χ3n) is 2.04. The molecule has 0 saturated heterocycles. The second kappa shape index (κ2) is 3.66. The van der Waals surface area contributed by atoms with E-state index in [-0.39, 0.29) is 6.10 Å².